The Hall–Kier alpha value is -2.57. The van der Waals surface area contributed by atoms with Gasteiger partial charge in [0.2, 0.25) is 0 Å². The van der Waals surface area contributed by atoms with Gasteiger partial charge in [-0.2, -0.15) is 0 Å². The standard InChI is InChI=1S/C20H29NO6/c1-19(2,3)26-17(23)15(21-18(24)27-20(4,5)6)12-16(22)25-13-14-10-8-7-9-11-14/h7-11,15H,12-13H2,1-6H3,(H,21,24). The molecule has 150 valence electrons. The van der Waals surface area contributed by atoms with Crippen LogP contribution >= 0.6 is 0 Å². The van der Waals surface area contributed by atoms with E-state index in [-0.39, 0.29) is 13.0 Å². The summed E-state index contributed by atoms with van der Waals surface area (Å²) < 4.78 is 15.6. The number of alkyl carbamates (subject to hydrolysis) is 1. The maximum absolute atomic E-state index is 12.4. The highest BCUT2D eigenvalue weighted by molar-refractivity contribution is 5.86. The SMILES string of the molecule is CC(C)(C)OC(=O)NC(CC(=O)OCc1ccccc1)C(=O)OC(C)(C)C. The largest absolute Gasteiger partial charge is 0.461 e. The molecule has 0 aromatic heterocycles. The van der Waals surface area contributed by atoms with Crippen LogP contribution < -0.4 is 5.32 Å². The van der Waals surface area contributed by atoms with E-state index in [9.17, 15) is 14.4 Å². The highest BCUT2D eigenvalue weighted by Crippen LogP contribution is 2.12. The lowest BCUT2D eigenvalue weighted by Crippen LogP contribution is -2.47. The summed E-state index contributed by atoms with van der Waals surface area (Å²) in [6, 6.07) is 7.94. The number of esters is 2. The molecule has 1 atom stereocenters. The zero-order valence-corrected chi connectivity index (χ0v) is 16.8. The van der Waals surface area contributed by atoms with Gasteiger partial charge in [-0.25, -0.2) is 9.59 Å². The Morgan fingerprint density at radius 1 is 0.926 bits per heavy atom. The van der Waals surface area contributed by atoms with Crippen molar-refractivity contribution in [1.82, 2.24) is 5.32 Å². The third kappa shape index (κ3) is 10.2. The topological polar surface area (TPSA) is 90.9 Å². The summed E-state index contributed by atoms with van der Waals surface area (Å²) in [6.45, 7) is 10.3. The average molecular weight is 379 g/mol. The van der Waals surface area contributed by atoms with Gasteiger partial charge < -0.3 is 19.5 Å². The van der Waals surface area contributed by atoms with Crippen molar-refractivity contribution in [1.29, 1.82) is 0 Å². The molecule has 1 unspecified atom stereocenters. The van der Waals surface area contributed by atoms with Crippen LogP contribution in [0.15, 0.2) is 30.3 Å². The first kappa shape index (κ1) is 22.5. The fraction of sp³-hybridized carbons (Fsp3) is 0.550. The molecule has 0 aliphatic rings. The summed E-state index contributed by atoms with van der Waals surface area (Å²) in [5.74, 6) is -1.37. The third-order valence-electron chi connectivity index (χ3n) is 3.00. The number of hydrogen-bond donors (Lipinski definition) is 1. The molecule has 0 spiro atoms. The number of carbonyl (C=O) groups excluding carboxylic acids is 3. The van der Waals surface area contributed by atoms with Crippen LogP contribution in [-0.2, 0) is 30.4 Å². The van der Waals surface area contributed by atoms with Gasteiger partial charge in [0.15, 0.2) is 0 Å². The van der Waals surface area contributed by atoms with E-state index >= 15 is 0 Å². The third-order valence-corrected chi connectivity index (χ3v) is 3.00. The monoisotopic (exact) mass is 379 g/mol. The number of benzene rings is 1. The van der Waals surface area contributed by atoms with E-state index in [0.29, 0.717) is 0 Å². The Labute approximate surface area is 160 Å². The molecular formula is C20H29NO6. The van der Waals surface area contributed by atoms with E-state index in [0.717, 1.165) is 5.56 Å². The summed E-state index contributed by atoms with van der Waals surface area (Å²) in [5.41, 5.74) is -0.685. The highest BCUT2D eigenvalue weighted by atomic mass is 16.6. The van der Waals surface area contributed by atoms with Gasteiger partial charge in [0.25, 0.3) is 0 Å². The summed E-state index contributed by atoms with van der Waals surface area (Å²) in [5, 5.41) is 2.39. The van der Waals surface area contributed by atoms with Crippen LogP contribution in [0.4, 0.5) is 4.79 Å². The normalized spacial score (nSPS) is 12.7. The fourth-order valence-corrected chi connectivity index (χ4v) is 1.98. The first-order valence-corrected chi connectivity index (χ1v) is 8.78. The minimum absolute atomic E-state index is 0.0765. The van der Waals surface area contributed by atoms with Gasteiger partial charge in [-0.05, 0) is 47.1 Å². The molecule has 0 heterocycles. The van der Waals surface area contributed by atoms with Crippen LogP contribution in [0.3, 0.4) is 0 Å². The molecule has 0 aliphatic carbocycles. The number of ether oxygens (including phenoxy) is 3. The average Bonchev–Trinajstić information content (AvgIpc) is 2.50. The Morgan fingerprint density at radius 3 is 2.00 bits per heavy atom. The molecule has 27 heavy (non-hydrogen) atoms. The zero-order chi connectivity index (χ0) is 20.7. The van der Waals surface area contributed by atoms with Crippen LogP contribution in [0, 0.1) is 0 Å². The van der Waals surface area contributed by atoms with Gasteiger partial charge in [-0.3, -0.25) is 4.79 Å². The molecule has 0 aliphatic heterocycles. The van der Waals surface area contributed by atoms with Crippen LogP contribution in [0.1, 0.15) is 53.5 Å². The van der Waals surface area contributed by atoms with Gasteiger partial charge in [0, 0.05) is 0 Å². The smallest absolute Gasteiger partial charge is 0.408 e. The van der Waals surface area contributed by atoms with Gasteiger partial charge in [-0.15, -0.1) is 0 Å². The maximum Gasteiger partial charge on any atom is 0.408 e. The second-order valence-corrected chi connectivity index (χ2v) is 8.08. The molecule has 1 aromatic carbocycles. The highest BCUT2D eigenvalue weighted by Gasteiger charge is 2.31. The van der Waals surface area contributed by atoms with Gasteiger partial charge in [0.05, 0.1) is 6.42 Å². The minimum Gasteiger partial charge on any atom is -0.461 e. The van der Waals surface area contributed by atoms with Crippen molar-refractivity contribution >= 4 is 18.0 Å². The van der Waals surface area contributed by atoms with E-state index in [1.165, 1.54) is 0 Å². The number of rotatable bonds is 6. The summed E-state index contributed by atoms with van der Waals surface area (Å²) >= 11 is 0. The second-order valence-electron chi connectivity index (χ2n) is 8.08. The minimum atomic E-state index is -1.21. The molecule has 0 saturated carbocycles. The van der Waals surface area contributed by atoms with E-state index in [1.54, 1.807) is 41.5 Å². The molecule has 0 radical (unpaired) electrons. The zero-order valence-electron chi connectivity index (χ0n) is 16.8. The molecule has 7 heteroatoms. The van der Waals surface area contributed by atoms with E-state index in [1.807, 2.05) is 30.3 Å². The lowest BCUT2D eigenvalue weighted by Gasteiger charge is -2.25. The Kier molecular flexibility index (Phi) is 7.82. The quantitative estimate of drug-likeness (QED) is 0.602. The molecule has 0 bridgehead atoms. The predicted molar refractivity (Wildman–Crippen MR) is 99.9 cm³/mol. The maximum atomic E-state index is 12.4. The van der Waals surface area contributed by atoms with Crippen molar-refractivity contribution in [2.24, 2.45) is 0 Å². The molecule has 7 nitrogen and oxygen atoms in total. The van der Waals surface area contributed by atoms with Crippen LogP contribution in [0.2, 0.25) is 0 Å². The van der Waals surface area contributed by atoms with Gasteiger partial charge in [-0.1, -0.05) is 30.3 Å². The van der Waals surface area contributed by atoms with Crippen molar-refractivity contribution < 1.29 is 28.6 Å². The molecule has 0 fully saturated rings. The van der Waals surface area contributed by atoms with E-state index < -0.39 is 35.3 Å². The van der Waals surface area contributed by atoms with Crippen molar-refractivity contribution in [3.8, 4) is 0 Å². The molecule has 1 aromatic rings. The molecule has 1 rings (SSSR count). The Morgan fingerprint density at radius 2 is 1.48 bits per heavy atom. The number of carbonyl (C=O) groups is 3. The second kappa shape index (κ2) is 9.39. The van der Waals surface area contributed by atoms with E-state index in [2.05, 4.69) is 5.32 Å². The van der Waals surface area contributed by atoms with Crippen molar-refractivity contribution in [2.75, 3.05) is 0 Å². The molecular weight excluding hydrogens is 350 g/mol. The molecule has 1 N–H and O–H groups in total. The Bertz CT molecular complexity index is 643. The Balaban J connectivity index is 2.72. The first-order chi connectivity index (χ1) is 12.4. The summed E-state index contributed by atoms with van der Waals surface area (Å²) in [7, 11) is 0. The van der Waals surface area contributed by atoms with Crippen LogP contribution in [0.5, 0.6) is 0 Å². The van der Waals surface area contributed by atoms with E-state index in [4.69, 9.17) is 14.2 Å². The van der Waals surface area contributed by atoms with Crippen LogP contribution in [0.25, 0.3) is 0 Å². The van der Waals surface area contributed by atoms with Crippen molar-refractivity contribution in [3.63, 3.8) is 0 Å². The number of hydrogen-bond acceptors (Lipinski definition) is 6. The van der Waals surface area contributed by atoms with Gasteiger partial charge >= 0.3 is 18.0 Å². The molecule has 1 amide bonds. The van der Waals surface area contributed by atoms with Crippen LogP contribution in [-0.4, -0.2) is 35.3 Å². The number of amides is 1. The van der Waals surface area contributed by atoms with Gasteiger partial charge in [0.1, 0.15) is 23.9 Å². The lowest BCUT2D eigenvalue weighted by molar-refractivity contribution is -0.161. The number of nitrogens with one attached hydrogen (secondary N) is 1. The first-order valence-electron chi connectivity index (χ1n) is 8.78. The van der Waals surface area contributed by atoms with Crippen molar-refractivity contribution in [3.05, 3.63) is 35.9 Å². The molecule has 0 saturated heterocycles. The van der Waals surface area contributed by atoms with Crippen molar-refractivity contribution in [2.45, 2.75) is 71.8 Å². The lowest BCUT2D eigenvalue weighted by atomic mass is 10.1. The fourth-order valence-electron chi connectivity index (χ4n) is 1.98. The summed E-state index contributed by atoms with van der Waals surface area (Å²) in [4.78, 5) is 36.5. The predicted octanol–water partition coefficient (Wildman–Crippen LogP) is 3.35. The summed E-state index contributed by atoms with van der Waals surface area (Å²) in [6.07, 6.45) is -1.17.